The SMILES string of the molecule is CCCCOc1ccc(S(=O)(=O)c2ccc(CNC(=O)c3cc4ccncc4o3)cc2)cc1. The third-order valence-electron chi connectivity index (χ3n) is 5.13. The zero-order valence-corrected chi connectivity index (χ0v) is 19.0. The minimum Gasteiger partial charge on any atom is -0.494 e. The normalized spacial score (nSPS) is 11.4. The molecule has 2 aromatic heterocycles. The molecule has 1 N–H and O–H groups in total. The van der Waals surface area contributed by atoms with Gasteiger partial charge in [0.25, 0.3) is 5.91 Å². The Hall–Kier alpha value is -3.65. The molecule has 8 heteroatoms. The summed E-state index contributed by atoms with van der Waals surface area (Å²) in [5, 5.41) is 3.57. The van der Waals surface area contributed by atoms with E-state index in [-0.39, 0.29) is 28.0 Å². The number of amides is 1. The molecule has 0 spiro atoms. The maximum absolute atomic E-state index is 12.9. The van der Waals surface area contributed by atoms with Crippen LogP contribution in [0.25, 0.3) is 11.0 Å². The molecule has 0 aliphatic carbocycles. The highest BCUT2D eigenvalue weighted by Crippen LogP contribution is 2.24. The average molecular weight is 465 g/mol. The molecule has 0 aliphatic rings. The summed E-state index contributed by atoms with van der Waals surface area (Å²) in [7, 11) is -3.65. The van der Waals surface area contributed by atoms with Crippen LogP contribution in [0.15, 0.2) is 87.3 Å². The van der Waals surface area contributed by atoms with Gasteiger partial charge in [0.1, 0.15) is 5.75 Å². The van der Waals surface area contributed by atoms with E-state index in [4.69, 9.17) is 9.15 Å². The molecule has 4 rings (SSSR count). The molecular formula is C25H24N2O5S. The second kappa shape index (κ2) is 9.87. The number of sulfone groups is 1. The summed E-state index contributed by atoms with van der Waals surface area (Å²) in [6.45, 7) is 2.92. The third kappa shape index (κ3) is 5.23. The van der Waals surface area contributed by atoms with E-state index in [0.717, 1.165) is 23.8 Å². The first-order valence-electron chi connectivity index (χ1n) is 10.7. The quantitative estimate of drug-likeness (QED) is 0.358. The topological polar surface area (TPSA) is 98.5 Å². The summed E-state index contributed by atoms with van der Waals surface area (Å²) < 4.78 is 36.9. The molecule has 0 fully saturated rings. The third-order valence-corrected chi connectivity index (χ3v) is 6.92. The fourth-order valence-corrected chi connectivity index (χ4v) is 4.50. The summed E-state index contributed by atoms with van der Waals surface area (Å²) >= 11 is 0. The lowest BCUT2D eigenvalue weighted by atomic mass is 10.2. The molecule has 0 atom stereocenters. The number of carbonyl (C=O) groups excluding carboxylic acids is 1. The predicted molar refractivity (Wildman–Crippen MR) is 124 cm³/mol. The zero-order valence-electron chi connectivity index (χ0n) is 18.2. The number of unbranched alkanes of at least 4 members (excludes halogenated alkanes) is 1. The van der Waals surface area contributed by atoms with Gasteiger partial charge in [0.2, 0.25) is 9.84 Å². The minimum absolute atomic E-state index is 0.182. The standard InChI is InChI=1S/C25H24N2O5S/c1-2-3-14-31-20-6-10-22(11-7-20)33(29,30)21-8-4-18(5-9-21)16-27-25(28)23-15-19-12-13-26-17-24(19)32-23/h4-13,15,17H,2-3,14,16H2,1H3,(H,27,28). The van der Waals surface area contributed by atoms with Crippen LogP contribution in [0.4, 0.5) is 0 Å². The summed E-state index contributed by atoms with van der Waals surface area (Å²) in [6, 6.07) is 16.3. The summed E-state index contributed by atoms with van der Waals surface area (Å²) in [4.78, 5) is 16.7. The average Bonchev–Trinajstić information content (AvgIpc) is 3.28. The van der Waals surface area contributed by atoms with Crippen molar-refractivity contribution < 1.29 is 22.4 Å². The number of benzene rings is 2. The van der Waals surface area contributed by atoms with Gasteiger partial charge >= 0.3 is 0 Å². The van der Waals surface area contributed by atoms with Crippen LogP contribution in [0.3, 0.4) is 0 Å². The first-order valence-corrected chi connectivity index (χ1v) is 12.1. The number of pyridine rings is 1. The molecule has 0 radical (unpaired) electrons. The van der Waals surface area contributed by atoms with E-state index < -0.39 is 9.84 Å². The highest BCUT2D eigenvalue weighted by molar-refractivity contribution is 7.91. The number of nitrogens with one attached hydrogen (secondary N) is 1. The monoisotopic (exact) mass is 464 g/mol. The molecule has 0 unspecified atom stereocenters. The van der Waals surface area contributed by atoms with Crippen LogP contribution in [-0.4, -0.2) is 25.9 Å². The van der Waals surface area contributed by atoms with Gasteiger partial charge in [-0.2, -0.15) is 0 Å². The van der Waals surface area contributed by atoms with Gasteiger partial charge in [0.05, 0.1) is 22.6 Å². The van der Waals surface area contributed by atoms with Crippen molar-refractivity contribution in [2.45, 2.75) is 36.1 Å². The van der Waals surface area contributed by atoms with Crippen molar-refractivity contribution in [3.63, 3.8) is 0 Å². The molecule has 2 heterocycles. The van der Waals surface area contributed by atoms with Crippen LogP contribution < -0.4 is 10.1 Å². The van der Waals surface area contributed by atoms with Crippen LogP contribution in [0.2, 0.25) is 0 Å². The van der Waals surface area contributed by atoms with Gasteiger partial charge in [0, 0.05) is 18.1 Å². The Kier molecular flexibility index (Phi) is 6.74. The number of rotatable bonds is 9. The van der Waals surface area contributed by atoms with Gasteiger partial charge in [-0.15, -0.1) is 0 Å². The van der Waals surface area contributed by atoms with Crippen LogP contribution in [0, 0.1) is 0 Å². The number of aromatic nitrogens is 1. The molecule has 7 nitrogen and oxygen atoms in total. The van der Waals surface area contributed by atoms with Crippen molar-refractivity contribution in [3.8, 4) is 5.75 Å². The highest BCUT2D eigenvalue weighted by atomic mass is 32.2. The maximum atomic E-state index is 12.9. The van der Waals surface area contributed by atoms with Crippen LogP contribution in [0.5, 0.6) is 5.75 Å². The number of hydrogen-bond acceptors (Lipinski definition) is 6. The smallest absolute Gasteiger partial charge is 0.287 e. The van der Waals surface area contributed by atoms with Gasteiger partial charge < -0.3 is 14.5 Å². The molecular weight excluding hydrogens is 440 g/mol. The lowest BCUT2D eigenvalue weighted by Gasteiger charge is -2.09. The Labute approximate surface area is 192 Å². The first kappa shape index (κ1) is 22.5. The van der Waals surface area contributed by atoms with Crippen molar-refractivity contribution >= 4 is 26.7 Å². The van der Waals surface area contributed by atoms with E-state index in [2.05, 4.69) is 17.2 Å². The van der Waals surface area contributed by atoms with E-state index in [0.29, 0.717) is 17.9 Å². The molecule has 33 heavy (non-hydrogen) atoms. The van der Waals surface area contributed by atoms with Crippen molar-refractivity contribution in [3.05, 3.63) is 84.4 Å². The lowest BCUT2D eigenvalue weighted by Crippen LogP contribution is -2.22. The van der Waals surface area contributed by atoms with E-state index >= 15 is 0 Å². The number of fused-ring (bicyclic) bond motifs is 1. The van der Waals surface area contributed by atoms with Crippen LogP contribution in [-0.2, 0) is 16.4 Å². The zero-order chi connectivity index (χ0) is 23.3. The van der Waals surface area contributed by atoms with Gasteiger partial charge in [-0.3, -0.25) is 9.78 Å². The van der Waals surface area contributed by atoms with E-state index in [9.17, 15) is 13.2 Å². The molecule has 0 aliphatic heterocycles. The number of nitrogens with zero attached hydrogens (tertiary/aromatic N) is 1. The molecule has 0 bridgehead atoms. The van der Waals surface area contributed by atoms with E-state index in [1.54, 1.807) is 60.9 Å². The highest BCUT2D eigenvalue weighted by Gasteiger charge is 2.18. The molecule has 170 valence electrons. The summed E-state index contributed by atoms with van der Waals surface area (Å²) in [6.07, 6.45) is 5.16. The van der Waals surface area contributed by atoms with Crippen molar-refractivity contribution in [2.24, 2.45) is 0 Å². The second-order valence-electron chi connectivity index (χ2n) is 7.53. The van der Waals surface area contributed by atoms with Crippen molar-refractivity contribution in [1.29, 1.82) is 0 Å². The van der Waals surface area contributed by atoms with Crippen LogP contribution in [0.1, 0.15) is 35.9 Å². The molecule has 0 saturated heterocycles. The number of furan rings is 1. The number of carbonyl (C=O) groups is 1. The van der Waals surface area contributed by atoms with Gasteiger partial charge in [-0.1, -0.05) is 25.5 Å². The van der Waals surface area contributed by atoms with Crippen molar-refractivity contribution in [1.82, 2.24) is 10.3 Å². The van der Waals surface area contributed by atoms with E-state index in [1.165, 1.54) is 12.1 Å². The van der Waals surface area contributed by atoms with Gasteiger partial charge in [-0.25, -0.2) is 8.42 Å². The Morgan fingerprint density at radius 3 is 2.39 bits per heavy atom. The number of ether oxygens (including phenoxy) is 1. The molecule has 4 aromatic rings. The first-order chi connectivity index (χ1) is 16.0. The lowest BCUT2D eigenvalue weighted by molar-refractivity contribution is 0.0925. The van der Waals surface area contributed by atoms with Crippen LogP contribution >= 0.6 is 0 Å². The summed E-state index contributed by atoms with van der Waals surface area (Å²) in [5.41, 5.74) is 1.30. The number of hydrogen-bond donors (Lipinski definition) is 1. The largest absolute Gasteiger partial charge is 0.494 e. The summed E-state index contributed by atoms with van der Waals surface area (Å²) in [5.74, 6) is 0.484. The van der Waals surface area contributed by atoms with Crippen molar-refractivity contribution in [2.75, 3.05) is 6.61 Å². The minimum atomic E-state index is -3.65. The van der Waals surface area contributed by atoms with Gasteiger partial charge in [-0.05, 0) is 60.5 Å². The second-order valence-corrected chi connectivity index (χ2v) is 9.48. The Morgan fingerprint density at radius 1 is 1.03 bits per heavy atom. The Morgan fingerprint density at radius 2 is 1.73 bits per heavy atom. The molecule has 0 saturated carbocycles. The predicted octanol–water partition coefficient (Wildman–Crippen LogP) is 4.77. The fourth-order valence-electron chi connectivity index (χ4n) is 3.24. The maximum Gasteiger partial charge on any atom is 0.287 e. The van der Waals surface area contributed by atoms with Gasteiger partial charge in [0.15, 0.2) is 11.3 Å². The molecule has 2 aromatic carbocycles. The Bertz CT molecular complexity index is 1310. The Balaban J connectivity index is 1.39. The van der Waals surface area contributed by atoms with E-state index in [1.807, 2.05) is 0 Å². The molecule has 1 amide bonds. The fraction of sp³-hybridized carbons (Fsp3) is 0.200.